The van der Waals surface area contributed by atoms with Crippen molar-refractivity contribution in [2.45, 2.75) is 21.8 Å². The Bertz CT molecular complexity index is 1240. The molecule has 0 atom stereocenters. The molecule has 4 aromatic rings. The summed E-state index contributed by atoms with van der Waals surface area (Å²) in [6.45, 7) is 0.950. The van der Waals surface area contributed by atoms with Gasteiger partial charge in [0.25, 0.3) is 0 Å². The van der Waals surface area contributed by atoms with Gasteiger partial charge in [0.1, 0.15) is 0 Å². The number of fused-ring (bicyclic) bond motifs is 9. The summed E-state index contributed by atoms with van der Waals surface area (Å²) in [5.74, 6) is 0. The van der Waals surface area contributed by atoms with E-state index in [2.05, 4.69) is 110 Å². The summed E-state index contributed by atoms with van der Waals surface area (Å²) in [7, 11) is 4.26. The molecule has 2 aliphatic rings. The van der Waals surface area contributed by atoms with E-state index in [4.69, 9.17) is 0 Å². The van der Waals surface area contributed by atoms with Crippen molar-refractivity contribution in [2.24, 2.45) is 0 Å². The smallest absolute Gasteiger partial charge is 0.0735 e. The van der Waals surface area contributed by atoms with Crippen molar-refractivity contribution in [3.05, 3.63) is 119 Å². The van der Waals surface area contributed by atoms with Crippen LogP contribution in [0.4, 0.5) is 0 Å². The molecule has 0 saturated heterocycles. The second kappa shape index (κ2) is 6.60. The standard InChI is InChI=1S/C28H23NS/c1-29(2)18-19-15-16-23-21(17-19)20-9-3-4-10-22(20)28(23)24-11-5-7-13-26(24)30-27-14-8-6-12-25(27)28/h3-17H,18H2,1-2H3. The first kappa shape index (κ1) is 18.0. The van der Waals surface area contributed by atoms with Crippen LogP contribution in [0.5, 0.6) is 0 Å². The van der Waals surface area contributed by atoms with Gasteiger partial charge in [-0.25, -0.2) is 0 Å². The van der Waals surface area contributed by atoms with Crippen LogP contribution in [0, 0.1) is 0 Å². The molecule has 0 amide bonds. The molecule has 2 heteroatoms. The summed E-state index contributed by atoms with van der Waals surface area (Å²) in [4.78, 5) is 4.95. The lowest BCUT2D eigenvalue weighted by atomic mass is 9.67. The van der Waals surface area contributed by atoms with E-state index in [1.54, 1.807) is 0 Å². The van der Waals surface area contributed by atoms with Crippen molar-refractivity contribution in [1.29, 1.82) is 0 Å². The highest BCUT2D eigenvalue weighted by Crippen LogP contribution is 2.61. The molecule has 1 heterocycles. The van der Waals surface area contributed by atoms with Crippen molar-refractivity contribution < 1.29 is 0 Å². The van der Waals surface area contributed by atoms with Gasteiger partial charge in [-0.1, -0.05) is 84.6 Å². The SMILES string of the molecule is CN(C)Cc1ccc2c(c1)-c1ccccc1C21c2ccccc2Sc2ccccc21. The third kappa shape index (κ3) is 2.35. The minimum absolute atomic E-state index is 0.249. The molecule has 146 valence electrons. The molecule has 1 aliphatic carbocycles. The summed E-state index contributed by atoms with van der Waals surface area (Å²) in [5, 5.41) is 0. The van der Waals surface area contributed by atoms with Crippen molar-refractivity contribution in [1.82, 2.24) is 4.90 Å². The van der Waals surface area contributed by atoms with E-state index in [1.807, 2.05) is 11.8 Å². The van der Waals surface area contributed by atoms with E-state index in [0.717, 1.165) is 6.54 Å². The van der Waals surface area contributed by atoms with Crippen LogP contribution in [0.25, 0.3) is 11.1 Å². The van der Waals surface area contributed by atoms with Gasteiger partial charge in [-0.3, -0.25) is 0 Å². The Morgan fingerprint density at radius 1 is 0.633 bits per heavy atom. The molecule has 0 saturated carbocycles. The second-order valence-corrected chi connectivity index (χ2v) is 9.59. The maximum Gasteiger partial charge on any atom is 0.0735 e. The lowest BCUT2D eigenvalue weighted by Crippen LogP contribution is -2.31. The monoisotopic (exact) mass is 405 g/mol. The quantitative estimate of drug-likeness (QED) is 0.320. The summed E-state index contributed by atoms with van der Waals surface area (Å²) in [5.41, 5.74) is 9.47. The zero-order valence-electron chi connectivity index (χ0n) is 17.2. The zero-order valence-corrected chi connectivity index (χ0v) is 18.0. The number of rotatable bonds is 2. The Kier molecular flexibility index (Phi) is 3.96. The molecular formula is C28H23NS. The van der Waals surface area contributed by atoms with Crippen LogP contribution < -0.4 is 0 Å². The molecule has 0 unspecified atom stereocenters. The number of hydrogen-bond acceptors (Lipinski definition) is 2. The lowest BCUT2D eigenvalue weighted by Gasteiger charge is -2.39. The second-order valence-electron chi connectivity index (χ2n) is 8.51. The summed E-state index contributed by atoms with van der Waals surface area (Å²) in [6, 6.07) is 34.0. The predicted molar refractivity (Wildman–Crippen MR) is 125 cm³/mol. The molecule has 4 aromatic carbocycles. The largest absolute Gasteiger partial charge is 0.305 e. The Balaban J connectivity index is 1.75. The maximum absolute atomic E-state index is 2.41. The highest BCUT2D eigenvalue weighted by molar-refractivity contribution is 7.99. The van der Waals surface area contributed by atoms with Crippen LogP contribution in [0.2, 0.25) is 0 Å². The van der Waals surface area contributed by atoms with Gasteiger partial charge in [0, 0.05) is 16.3 Å². The van der Waals surface area contributed by atoms with Gasteiger partial charge in [-0.15, -0.1) is 0 Å². The molecule has 6 rings (SSSR count). The number of hydrogen-bond donors (Lipinski definition) is 0. The summed E-state index contributed by atoms with van der Waals surface area (Å²) >= 11 is 1.90. The molecule has 0 aromatic heterocycles. The van der Waals surface area contributed by atoms with Gasteiger partial charge >= 0.3 is 0 Å². The molecule has 0 bridgehead atoms. The number of benzene rings is 4. The van der Waals surface area contributed by atoms with E-state index >= 15 is 0 Å². The predicted octanol–water partition coefficient (Wildman–Crippen LogP) is 6.58. The van der Waals surface area contributed by atoms with E-state index in [9.17, 15) is 0 Å². The van der Waals surface area contributed by atoms with Gasteiger partial charge in [0.2, 0.25) is 0 Å². The van der Waals surface area contributed by atoms with Gasteiger partial charge in [0.15, 0.2) is 0 Å². The highest BCUT2D eigenvalue weighted by Gasteiger charge is 2.49. The fourth-order valence-electron chi connectivity index (χ4n) is 5.37. The first-order chi connectivity index (χ1) is 14.7. The van der Waals surface area contributed by atoms with E-state index in [0.29, 0.717) is 0 Å². The van der Waals surface area contributed by atoms with Crippen molar-refractivity contribution in [3.8, 4) is 11.1 Å². The fourth-order valence-corrected chi connectivity index (χ4v) is 6.56. The molecule has 0 radical (unpaired) electrons. The van der Waals surface area contributed by atoms with Crippen LogP contribution in [0.3, 0.4) is 0 Å². The van der Waals surface area contributed by atoms with E-state index in [1.165, 1.54) is 48.7 Å². The average Bonchev–Trinajstić information content (AvgIpc) is 3.05. The summed E-state index contributed by atoms with van der Waals surface area (Å²) in [6.07, 6.45) is 0. The van der Waals surface area contributed by atoms with Crippen LogP contribution >= 0.6 is 11.8 Å². The highest BCUT2D eigenvalue weighted by atomic mass is 32.2. The van der Waals surface area contributed by atoms with Gasteiger partial charge < -0.3 is 4.90 Å². The molecule has 1 aliphatic heterocycles. The average molecular weight is 406 g/mol. The van der Waals surface area contributed by atoms with E-state index in [-0.39, 0.29) is 5.41 Å². The van der Waals surface area contributed by atoms with E-state index < -0.39 is 0 Å². The Morgan fingerprint density at radius 3 is 1.87 bits per heavy atom. The lowest BCUT2D eigenvalue weighted by molar-refractivity contribution is 0.402. The van der Waals surface area contributed by atoms with Crippen LogP contribution in [0.15, 0.2) is 101 Å². The molecule has 0 N–H and O–H groups in total. The van der Waals surface area contributed by atoms with Crippen LogP contribution in [0.1, 0.15) is 27.8 Å². The first-order valence-corrected chi connectivity index (χ1v) is 11.3. The molecule has 1 spiro atoms. The Labute approximate surface area is 182 Å². The van der Waals surface area contributed by atoms with Crippen molar-refractivity contribution >= 4 is 11.8 Å². The minimum atomic E-state index is -0.249. The molecular weight excluding hydrogens is 382 g/mol. The van der Waals surface area contributed by atoms with Crippen LogP contribution in [-0.4, -0.2) is 19.0 Å². The Morgan fingerprint density at radius 2 is 1.20 bits per heavy atom. The number of nitrogens with zero attached hydrogens (tertiary/aromatic N) is 1. The minimum Gasteiger partial charge on any atom is -0.305 e. The third-order valence-corrected chi connectivity index (χ3v) is 7.56. The maximum atomic E-state index is 2.41. The zero-order chi connectivity index (χ0) is 20.3. The van der Waals surface area contributed by atoms with Crippen LogP contribution in [-0.2, 0) is 12.0 Å². The topological polar surface area (TPSA) is 3.24 Å². The molecule has 30 heavy (non-hydrogen) atoms. The Hall–Kier alpha value is -2.81. The fraction of sp³-hybridized carbons (Fsp3) is 0.143. The molecule has 0 fully saturated rings. The normalized spacial score (nSPS) is 14.9. The molecule has 1 nitrogen and oxygen atoms in total. The third-order valence-electron chi connectivity index (χ3n) is 6.41. The van der Waals surface area contributed by atoms with Gasteiger partial charge in [0.05, 0.1) is 5.41 Å². The van der Waals surface area contributed by atoms with Gasteiger partial charge in [-0.2, -0.15) is 0 Å². The first-order valence-electron chi connectivity index (χ1n) is 10.4. The van der Waals surface area contributed by atoms with Gasteiger partial charge in [-0.05, 0) is 71.2 Å². The van der Waals surface area contributed by atoms with Crippen molar-refractivity contribution in [2.75, 3.05) is 14.1 Å². The summed E-state index contributed by atoms with van der Waals surface area (Å²) < 4.78 is 0. The van der Waals surface area contributed by atoms with Crippen molar-refractivity contribution in [3.63, 3.8) is 0 Å².